The monoisotopic (exact) mass is 476 g/mol. The normalized spacial score (nSPS) is 23.4. The molecule has 3 amide bonds. The second kappa shape index (κ2) is 8.70. The number of rotatable bonds is 6. The van der Waals surface area contributed by atoms with Gasteiger partial charge in [-0.25, -0.2) is 4.52 Å². The van der Waals surface area contributed by atoms with Gasteiger partial charge in [-0.3, -0.25) is 14.4 Å². The molecule has 3 heterocycles. The van der Waals surface area contributed by atoms with E-state index in [0.29, 0.717) is 41.7 Å². The van der Waals surface area contributed by atoms with Gasteiger partial charge in [-0.05, 0) is 47.9 Å². The molecule has 2 fully saturated rings. The van der Waals surface area contributed by atoms with Crippen molar-refractivity contribution >= 4 is 28.9 Å². The summed E-state index contributed by atoms with van der Waals surface area (Å²) in [5, 5.41) is 17.2. The molecule has 1 saturated heterocycles. The molecule has 35 heavy (non-hydrogen) atoms. The van der Waals surface area contributed by atoms with Crippen LogP contribution in [0.25, 0.3) is 16.6 Å². The smallest absolute Gasteiger partial charge is 0.252 e. The van der Waals surface area contributed by atoms with Gasteiger partial charge in [0, 0.05) is 36.5 Å². The SMILES string of the molecule is C[C@@H]1C2CN(C(=O)CO)CC2C[C@H]1Nc1c(C(N)=O)cnn2cc(-c3ccc(C(N)=O)cc3)cc12. The maximum Gasteiger partial charge on any atom is 0.252 e. The van der Waals surface area contributed by atoms with E-state index in [9.17, 15) is 19.5 Å². The molecule has 0 radical (unpaired) electrons. The highest BCUT2D eigenvalue weighted by Crippen LogP contribution is 2.44. The van der Waals surface area contributed by atoms with Crippen molar-refractivity contribution in [3.8, 4) is 11.1 Å². The Labute approximate surface area is 201 Å². The second-order valence-corrected chi connectivity index (χ2v) is 9.52. The number of carbonyl (C=O) groups is 3. The average Bonchev–Trinajstić information content (AvgIpc) is 3.53. The first-order chi connectivity index (χ1) is 16.8. The molecule has 2 unspecified atom stereocenters. The molecular weight excluding hydrogens is 448 g/mol. The first-order valence-electron chi connectivity index (χ1n) is 11.6. The number of aromatic nitrogens is 2. The van der Waals surface area contributed by atoms with Crippen molar-refractivity contribution in [3.05, 3.63) is 53.9 Å². The highest BCUT2D eigenvalue weighted by atomic mass is 16.3. The molecule has 4 atom stereocenters. The number of hydrogen-bond acceptors (Lipinski definition) is 6. The minimum absolute atomic E-state index is 0.0916. The number of nitrogens with two attached hydrogens (primary N) is 2. The Balaban J connectivity index is 1.45. The molecule has 6 N–H and O–H groups in total. The number of anilines is 1. The van der Waals surface area contributed by atoms with Gasteiger partial charge in [0.2, 0.25) is 11.8 Å². The summed E-state index contributed by atoms with van der Waals surface area (Å²) < 4.78 is 1.70. The summed E-state index contributed by atoms with van der Waals surface area (Å²) in [4.78, 5) is 37.3. The minimum Gasteiger partial charge on any atom is -0.387 e. The van der Waals surface area contributed by atoms with Crippen molar-refractivity contribution < 1.29 is 19.5 Å². The van der Waals surface area contributed by atoms with E-state index in [0.717, 1.165) is 23.1 Å². The number of aliphatic hydroxyl groups excluding tert-OH is 1. The zero-order chi connectivity index (χ0) is 24.9. The maximum atomic E-state index is 12.3. The zero-order valence-electron chi connectivity index (χ0n) is 19.3. The summed E-state index contributed by atoms with van der Waals surface area (Å²) in [6.07, 6.45) is 4.17. The van der Waals surface area contributed by atoms with Gasteiger partial charge in [0.15, 0.2) is 0 Å². The summed E-state index contributed by atoms with van der Waals surface area (Å²) >= 11 is 0. The lowest BCUT2D eigenvalue weighted by molar-refractivity contribution is -0.133. The summed E-state index contributed by atoms with van der Waals surface area (Å²) in [6.45, 7) is 2.96. The number of aliphatic hydroxyl groups is 1. The lowest BCUT2D eigenvalue weighted by Gasteiger charge is -2.25. The third-order valence-electron chi connectivity index (χ3n) is 7.58. The predicted octanol–water partition coefficient (Wildman–Crippen LogP) is 1.09. The van der Waals surface area contributed by atoms with E-state index in [4.69, 9.17) is 11.5 Å². The molecular formula is C25H28N6O4. The van der Waals surface area contributed by atoms with Crippen LogP contribution in [0.4, 0.5) is 5.69 Å². The van der Waals surface area contributed by atoms with Gasteiger partial charge in [-0.1, -0.05) is 19.1 Å². The number of likely N-dealkylation sites (tertiary alicyclic amines) is 1. The molecule has 1 aromatic carbocycles. The van der Waals surface area contributed by atoms with Crippen LogP contribution >= 0.6 is 0 Å². The van der Waals surface area contributed by atoms with E-state index in [2.05, 4.69) is 17.3 Å². The minimum atomic E-state index is -0.568. The second-order valence-electron chi connectivity index (χ2n) is 9.52. The summed E-state index contributed by atoms with van der Waals surface area (Å²) in [6, 6.07) is 9.00. The fourth-order valence-electron chi connectivity index (χ4n) is 5.64. The third-order valence-corrected chi connectivity index (χ3v) is 7.58. The van der Waals surface area contributed by atoms with Crippen LogP contribution in [0.3, 0.4) is 0 Å². The highest BCUT2D eigenvalue weighted by Gasteiger charge is 2.47. The topological polar surface area (TPSA) is 156 Å². The van der Waals surface area contributed by atoms with Crippen LogP contribution in [0.15, 0.2) is 42.7 Å². The standard InChI is InChI=1S/C25H28N6O4/c1-13-19-11-30(22(33)12-32)9-17(19)6-20(13)29-23-18(25(27)35)8-28-31-10-16(7-21(23)31)14-2-4-15(5-3-14)24(26)34/h2-5,7-8,10,13,17,19-20,29,32H,6,9,11-12H2,1H3,(H2,26,34)(H2,27,35)/t13-,17?,19?,20-/m1/s1. The summed E-state index contributed by atoms with van der Waals surface area (Å²) in [5.41, 5.74) is 14.9. The van der Waals surface area contributed by atoms with E-state index >= 15 is 0 Å². The third kappa shape index (κ3) is 3.99. The molecule has 1 aliphatic heterocycles. The maximum absolute atomic E-state index is 12.3. The van der Waals surface area contributed by atoms with E-state index < -0.39 is 18.4 Å². The van der Waals surface area contributed by atoms with Gasteiger partial charge < -0.3 is 26.8 Å². The number of carbonyl (C=O) groups excluding carboxylic acids is 3. The number of fused-ring (bicyclic) bond motifs is 2. The van der Waals surface area contributed by atoms with Gasteiger partial charge in [0.05, 0.1) is 23.0 Å². The van der Waals surface area contributed by atoms with Gasteiger partial charge in [0.1, 0.15) is 6.61 Å². The van der Waals surface area contributed by atoms with Gasteiger partial charge in [0.25, 0.3) is 5.91 Å². The Morgan fingerprint density at radius 1 is 1.11 bits per heavy atom. The molecule has 2 aliphatic rings. The highest BCUT2D eigenvalue weighted by molar-refractivity contribution is 6.02. The molecule has 5 rings (SSSR count). The number of primary amides is 2. The summed E-state index contributed by atoms with van der Waals surface area (Å²) in [5.74, 6) is -0.379. The van der Waals surface area contributed by atoms with Gasteiger partial charge in [-0.2, -0.15) is 5.10 Å². The number of nitrogens with one attached hydrogen (secondary N) is 1. The van der Waals surface area contributed by atoms with Crippen molar-refractivity contribution in [3.63, 3.8) is 0 Å². The quantitative estimate of drug-likeness (QED) is 0.417. The van der Waals surface area contributed by atoms with Crippen molar-refractivity contribution in [2.45, 2.75) is 19.4 Å². The van der Waals surface area contributed by atoms with Crippen LogP contribution in [0.5, 0.6) is 0 Å². The van der Waals surface area contributed by atoms with Gasteiger partial charge >= 0.3 is 0 Å². The Hall–Kier alpha value is -3.92. The lowest BCUT2D eigenvalue weighted by atomic mass is 9.93. The Bertz CT molecular complexity index is 1320. The Morgan fingerprint density at radius 2 is 1.86 bits per heavy atom. The van der Waals surface area contributed by atoms with Crippen LogP contribution in [0.1, 0.15) is 34.1 Å². The first-order valence-corrected chi connectivity index (χ1v) is 11.6. The van der Waals surface area contributed by atoms with Crippen molar-refractivity contribution in [2.24, 2.45) is 29.2 Å². The Morgan fingerprint density at radius 3 is 2.49 bits per heavy atom. The zero-order valence-corrected chi connectivity index (χ0v) is 19.3. The number of nitrogens with zero attached hydrogens (tertiary/aromatic N) is 3. The fraction of sp³-hybridized carbons (Fsp3) is 0.360. The van der Waals surface area contributed by atoms with Crippen LogP contribution in [-0.4, -0.2) is 63.1 Å². The van der Waals surface area contributed by atoms with E-state index in [1.807, 2.05) is 24.4 Å². The molecule has 10 heteroatoms. The molecule has 3 aromatic rings. The van der Waals surface area contributed by atoms with Crippen LogP contribution in [0.2, 0.25) is 0 Å². The molecule has 1 saturated carbocycles. The molecule has 0 bridgehead atoms. The number of benzene rings is 1. The average molecular weight is 477 g/mol. The molecule has 10 nitrogen and oxygen atoms in total. The van der Waals surface area contributed by atoms with Crippen molar-refractivity contribution in [1.29, 1.82) is 0 Å². The van der Waals surface area contributed by atoms with Gasteiger partial charge in [-0.15, -0.1) is 0 Å². The molecule has 1 aliphatic carbocycles. The predicted molar refractivity (Wildman–Crippen MR) is 130 cm³/mol. The lowest BCUT2D eigenvalue weighted by Crippen LogP contribution is -2.35. The van der Waals surface area contributed by atoms with Crippen molar-refractivity contribution in [1.82, 2.24) is 14.5 Å². The van der Waals surface area contributed by atoms with Crippen LogP contribution < -0.4 is 16.8 Å². The molecule has 182 valence electrons. The fourth-order valence-corrected chi connectivity index (χ4v) is 5.64. The van der Waals surface area contributed by atoms with E-state index in [1.54, 1.807) is 21.5 Å². The van der Waals surface area contributed by atoms with Crippen molar-refractivity contribution in [2.75, 3.05) is 25.0 Å². The molecule has 0 spiro atoms. The molecule has 2 aromatic heterocycles. The Kier molecular flexibility index (Phi) is 5.68. The van der Waals surface area contributed by atoms with E-state index in [-0.39, 0.29) is 17.9 Å². The largest absolute Gasteiger partial charge is 0.387 e. The van der Waals surface area contributed by atoms with Crippen LogP contribution in [0, 0.1) is 17.8 Å². The number of hydrogen-bond donors (Lipinski definition) is 4. The van der Waals surface area contributed by atoms with E-state index in [1.165, 1.54) is 6.20 Å². The first kappa shape index (κ1) is 22.9. The summed E-state index contributed by atoms with van der Waals surface area (Å²) in [7, 11) is 0. The van der Waals surface area contributed by atoms with Crippen LogP contribution in [-0.2, 0) is 4.79 Å². The number of amides is 3.